The molecular weight excluding hydrogens is 124 g/mol. The number of carbonyl (C=O) groups excluding carboxylic acids is 1. The molecule has 0 aliphatic carbocycles. The fourth-order valence-electron chi connectivity index (χ4n) is 0.729. The summed E-state index contributed by atoms with van der Waals surface area (Å²) in [6.07, 6.45) is -1.82. The molecule has 1 fully saturated rings. The van der Waals surface area contributed by atoms with Gasteiger partial charge in [0.05, 0.1) is 13.2 Å². The number of rotatable bonds is 1. The number of hydrogen-bond acceptors (Lipinski definition) is 4. The standard InChI is InChI=1S/C5H8O4/c6-1-4-5(8)3(7)2-9-4/h3-4,6-7H,1-2H2. The molecule has 9 heavy (non-hydrogen) atoms. The van der Waals surface area contributed by atoms with Crippen molar-refractivity contribution in [2.45, 2.75) is 12.2 Å². The summed E-state index contributed by atoms with van der Waals surface area (Å²) >= 11 is 0. The van der Waals surface area contributed by atoms with Gasteiger partial charge in [-0.2, -0.15) is 0 Å². The molecule has 0 bridgehead atoms. The first-order valence-electron chi connectivity index (χ1n) is 2.70. The molecule has 0 spiro atoms. The van der Waals surface area contributed by atoms with Crippen molar-refractivity contribution in [2.24, 2.45) is 0 Å². The maximum atomic E-state index is 10.6. The van der Waals surface area contributed by atoms with Gasteiger partial charge in [-0.1, -0.05) is 0 Å². The number of ketones is 1. The summed E-state index contributed by atoms with van der Waals surface area (Å²) in [7, 11) is 0. The van der Waals surface area contributed by atoms with E-state index in [0.29, 0.717) is 0 Å². The Bertz CT molecular complexity index is 122. The zero-order valence-corrected chi connectivity index (χ0v) is 4.78. The Balaban J connectivity index is 2.51. The number of carbonyl (C=O) groups is 1. The number of Topliss-reactive ketones (excluding diaryl/α,β-unsaturated/α-hetero) is 1. The van der Waals surface area contributed by atoms with Gasteiger partial charge in [-0.05, 0) is 0 Å². The molecule has 1 aliphatic heterocycles. The molecule has 4 nitrogen and oxygen atoms in total. The van der Waals surface area contributed by atoms with Crippen LogP contribution in [0.25, 0.3) is 0 Å². The van der Waals surface area contributed by atoms with Crippen molar-refractivity contribution in [3.05, 3.63) is 0 Å². The number of ether oxygens (including phenoxy) is 1. The largest absolute Gasteiger partial charge is 0.393 e. The van der Waals surface area contributed by atoms with Crippen LogP contribution in [0.5, 0.6) is 0 Å². The summed E-state index contributed by atoms with van der Waals surface area (Å²) in [6, 6.07) is 0. The number of aliphatic hydroxyl groups excluding tert-OH is 2. The minimum Gasteiger partial charge on any atom is -0.393 e. The average molecular weight is 132 g/mol. The van der Waals surface area contributed by atoms with Gasteiger partial charge in [0.1, 0.15) is 12.2 Å². The molecule has 0 saturated carbocycles. The van der Waals surface area contributed by atoms with Crippen LogP contribution < -0.4 is 0 Å². The van der Waals surface area contributed by atoms with Crippen molar-refractivity contribution < 1.29 is 19.7 Å². The Morgan fingerprint density at radius 2 is 2.44 bits per heavy atom. The fourth-order valence-corrected chi connectivity index (χ4v) is 0.729. The molecule has 1 heterocycles. The third kappa shape index (κ3) is 1.10. The third-order valence-electron chi connectivity index (χ3n) is 1.27. The van der Waals surface area contributed by atoms with Crippen LogP contribution in [0.15, 0.2) is 0 Å². The lowest BCUT2D eigenvalue weighted by molar-refractivity contribution is -0.128. The zero-order valence-electron chi connectivity index (χ0n) is 4.78. The quantitative estimate of drug-likeness (QED) is 0.446. The van der Waals surface area contributed by atoms with Crippen LogP contribution in [0.2, 0.25) is 0 Å². The molecule has 2 N–H and O–H groups in total. The van der Waals surface area contributed by atoms with Crippen molar-refractivity contribution in [3.8, 4) is 0 Å². The fraction of sp³-hybridized carbons (Fsp3) is 0.800. The second kappa shape index (κ2) is 2.43. The molecule has 1 aliphatic rings. The minimum absolute atomic E-state index is 0.0179. The molecule has 2 unspecified atom stereocenters. The highest BCUT2D eigenvalue weighted by atomic mass is 16.5. The van der Waals surface area contributed by atoms with Gasteiger partial charge in [-0.15, -0.1) is 0 Å². The van der Waals surface area contributed by atoms with Gasteiger partial charge in [0.15, 0.2) is 5.78 Å². The Hall–Kier alpha value is -0.450. The first-order chi connectivity index (χ1) is 4.25. The summed E-state index contributed by atoms with van der Waals surface area (Å²) < 4.78 is 4.68. The van der Waals surface area contributed by atoms with E-state index in [1.54, 1.807) is 0 Å². The predicted octanol–water partition coefficient (Wildman–Crippen LogP) is -1.69. The molecule has 1 rings (SSSR count). The summed E-state index contributed by atoms with van der Waals surface area (Å²) in [4.78, 5) is 10.6. The molecule has 4 heteroatoms. The number of aliphatic hydroxyl groups is 2. The lowest BCUT2D eigenvalue weighted by Gasteiger charge is -1.99. The first kappa shape index (κ1) is 6.67. The topological polar surface area (TPSA) is 66.8 Å². The molecule has 0 aromatic rings. The van der Waals surface area contributed by atoms with E-state index in [2.05, 4.69) is 4.74 Å². The highest BCUT2D eigenvalue weighted by Crippen LogP contribution is 2.07. The van der Waals surface area contributed by atoms with Gasteiger partial charge in [0, 0.05) is 0 Å². The van der Waals surface area contributed by atoms with E-state index in [1.165, 1.54) is 0 Å². The van der Waals surface area contributed by atoms with Gasteiger partial charge < -0.3 is 14.9 Å². The summed E-state index contributed by atoms with van der Waals surface area (Å²) in [6.45, 7) is -0.319. The van der Waals surface area contributed by atoms with Crippen LogP contribution in [0.1, 0.15) is 0 Å². The van der Waals surface area contributed by atoms with Crippen molar-refractivity contribution >= 4 is 5.78 Å². The maximum Gasteiger partial charge on any atom is 0.194 e. The van der Waals surface area contributed by atoms with Gasteiger partial charge in [0.2, 0.25) is 0 Å². The summed E-state index contributed by atoms with van der Waals surface area (Å²) in [5, 5.41) is 17.1. The van der Waals surface area contributed by atoms with Crippen LogP contribution >= 0.6 is 0 Å². The van der Waals surface area contributed by atoms with E-state index < -0.39 is 18.0 Å². The lowest BCUT2D eigenvalue weighted by Crippen LogP contribution is -2.26. The SMILES string of the molecule is O=C1C(O)COC1CO. The normalized spacial score (nSPS) is 35.6. The van der Waals surface area contributed by atoms with Crippen LogP contribution in [0.4, 0.5) is 0 Å². The van der Waals surface area contributed by atoms with E-state index >= 15 is 0 Å². The van der Waals surface area contributed by atoms with Gasteiger partial charge >= 0.3 is 0 Å². The summed E-state index contributed by atoms with van der Waals surface area (Å²) in [5.74, 6) is -0.419. The molecule has 0 radical (unpaired) electrons. The minimum atomic E-state index is -1.03. The van der Waals surface area contributed by atoms with Crippen molar-refractivity contribution in [2.75, 3.05) is 13.2 Å². The highest BCUT2D eigenvalue weighted by Gasteiger charge is 2.32. The molecule has 2 atom stereocenters. The Kier molecular flexibility index (Phi) is 1.80. The van der Waals surface area contributed by atoms with Crippen molar-refractivity contribution in [3.63, 3.8) is 0 Å². The van der Waals surface area contributed by atoms with Gasteiger partial charge in [-0.25, -0.2) is 0 Å². The lowest BCUT2D eigenvalue weighted by atomic mass is 10.2. The van der Waals surface area contributed by atoms with Gasteiger partial charge in [-0.3, -0.25) is 4.79 Å². The van der Waals surface area contributed by atoms with E-state index in [4.69, 9.17) is 10.2 Å². The monoisotopic (exact) mass is 132 g/mol. The van der Waals surface area contributed by atoms with E-state index in [9.17, 15) is 4.79 Å². The smallest absolute Gasteiger partial charge is 0.194 e. The molecular formula is C5H8O4. The Labute approximate surface area is 52.1 Å². The molecule has 0 amide bonds. The Morgan fingerprint density at radius 3 is 2.67 bits per heavy atom. The van der Waals surface area contributed by atoms with Gasteiger partial charge in [0.25, 0.3) is 0 Å². The molecule has 0 aromatic heterocycles. The maximum absolute atomic E-state index is 10.6. The van der Waals surface area contributed by atoms with Crippen LogP contribution in [0.3, 0.4) is 0 Å². The second-order valence-corrected chi connectivity index (χ2v) is 1.92. The second-order valence-electron chi connectivity index (χ2n) is 1.92. The van der Waals surface area contributed by atoms with Crippen LogP contribution in [0, 0.1) is 0 Å². The predicted molar refractivity (Wildman–Crippen MR) is 27.8 cm³/mol. The van der Waals surface area contributed by atoms with Crippen LogP contribution in [-0.4, -0.2) is 41.4 Å². The zero-order chi connectivity index (χ0) is 6.85. The first-order valence-corrected chi connectivity index (χ1v) is 2.70. The average Bonchev–Trinajstić information content (AvgIpc) is 2.15. The Morgan fingerprint density at radius 1 is 1.78 bits per heavy atom. The van der Waals surface area contributed by atoms with E-state index in [-0.39, 0.29) is 13.2 Å². The van der Waals surface area contributed by atoms with Crippen molar-refractivity contribution in [1.29, 1.82) is 0 Å². The number of hydrogen-bond donors (Lipinski definition) is 2. The molecule has 52 valence electrons. The molecule has 1 saturated heterocycles. The van der Waals surface area contributed by atoms with Crippen molar-refractivity contribution in [1.82, 2.24) is 0 Å². The highest BCUT2D eigenvalue weighted by molar-refractivity contribution is 5.88. The summed E-state index contributed by atoms with van der Waals surface area (Å²) in [5.41, 5.74) is 0. The molecule has 0 aromatic carbocycles. The van der Waals surface area contributed by atoms with Crippen LogP contribution in [-0.2, 0) is 9.53 Å². The van der Waals surface area contributed by atoms with E-state index in [0.717, 1.165) is 0 Å². The third-order valence-corrected chi connectivity index (χ3v) is 1.27. The van der Waals surface area contributed by atoms with E-state index in [1.807, 2.05) is 0 Å².